The summed E-state index contributed by atoms with van der Waals surface area (Å²) in [5, 5.41) is 0. The van der Waals surface area contributed by atoms with Gasteiger partial charge in [0.1, 0.15) is 17.2 Å². The van der Waals surface area contributed by atoms with Crippen molar-refractivity contribution in [3.05, 3.63) is 75.5 Å². The number of carbonyl (C=O) groups is 1. The van der Waals surface area contributed by atoms with E-state index in [1.54, 1.807) is 10.6 Å². The predicted octanol–water partition coefficient (Wildman–Crippen LogP) is 4.67. The summed E-state index contributed by atoms with van der Waals surface area (Å²) >= 11 is 4.66. The highest BCUT2D eigenvalue weighted by molar-refractivity contribution is 9.10. The highest BCUT2D eigenvalue weighted by atomic mass is 79.9. The third-order valence-electron chi connectivity index (χ3n) is 3.33. The van der Waals surface area contributed by atoms with Gasteiger partial charge in [0.2, 0.25) is 0 Å². The molecule has 0 saturated heterocycles. The summed E-state index contributed by atoms with van der Waals surface area (Å²) in [5.41, 5.74) is 0.213. The summed E-state index contributed by atoms with van der Waals surface area (Å²) in [6.07, 6.45) is 1.67. The van der Waals surface area contributed by atoms with Crippen molar-refractivity contribution in [3.8, 4) is 0 Å². The molecule has 2 aromatic carbocycles. The average molecular weight is 409 g/mol. The molecule has 0 bridgehead atoms. The first-order chi connectivity index (χ1) is 11.5. The Morgan fingerprint density at radius 3 is 2.67 bits per heavy atom. The van der Waals surface area contributed by atoms with Crippen molar-refractivity contribution >= 4 is 43.4 Å². The molecule has 122 valence electrons. The number of fused-ring (bicyclic) bond motifs is 1. The van der Waals surface area contributed by atoms with Gasteiger partial charge in [0.05, 0.1) is 10.2 Å². The number of allylic oxidation sites excluding steroid dienone is 1. The molecule has 3 nitrogen and oxygen atoms in total. The smallest absolute Gasteiger partial charge is 0.285 e. The number of carbonyl (C=O) groups excluding carboxylic acids is 1. The van der Waals surface area contributed by atoms with Crippen molar-refractivity contribution in [3.63, 3.8) is 0 Å². The Morgan fingerprint density at radius 2 is 2.00 bits per heavy atom. The van der Waals surface area contributed by atoms with Crippen LogP contribution in [0.5, 0.6) is 0 Å². The molecular formula is C17H11BrF2N2OS. The van der Waals surface area contributed by atoms with Gasteiger partial charge in [-0.1, -0.05) is 39.4 Å². The average Bonchev–Trinajstić information content (AvgIpc) is 2.84. The summed E-state index contributed by atoms with van der Waals surface area (Å²) < 4.78 is 31.1. The fraction of sp³-hybridized carbons (Fsp3) is 0.0588. The number of hydrogen-bond donors (Lipinski definition) is 0. The van der Waals surface area contributed by atoms with E-state index in [9.17, 15) is 13.6 Å². The molecule has 0 unspecified atom stereocenters. The van der Waals surface area contributed by atoms with Crippen LogP contribution in [-0.4, -0.2) is 10.5 Å². The van der Waals surface area contributed by atoms with Crippen molar-refractivity contribution in [2.75, 3.05) is 0 Å². The van der Waals surface area contributed by atoms with Gasteiger partial charge in [-0.05, 0) is 30.3 Å². The molecular weight excluding hydrogens is 398 g/mol. The topological polar surface area (TPSA) is 34.4 Å². The van der Waals surface area contributed by atoms with Crippen molar-refractivity contribution in [2.24, 2.45) is 4.99 Å². The maximum Gasteiger partial charge on any atom is 0.285 e. The summed E-state index contributed by atoms with van der Waals surface area (Å²) in [7, 11) is 0. The van der Waals surface area contributed by atoms with E-state index in [-0.39, 0.29) is 0 Å². The van der Waals surface area contributed by atoms with Crippen LogP contribution in [0.25, 0.3) is 10.2 Å². The summed E-state index contributed by atoms with van der Waals surface area (Å²) in [6, 6.07) is 8.92. The summed E-state index contributed by atoms with van der Waals surface area (Å²) in [4.78, 5) is 16.6. The number of benzene rings is 2. The zero-order valence-corrected chi connectivity index (χ0v) is 14.7. The van der Waals surface area contributed by atoms with Gasteiger partial charge >= 0.3 is 0 Å². The molecule has 1 heterocycles. The molecule has 7 heteroatoms. The Kier molecular flexibility index (Phi) is 4.73. The normalized spacial score (nSPS) is 11.9. The van der Waals surface area contributed by atoms with Crippen molar-refractivity contribution in [1.82, 2.24) is 4.57 Å². The van der Waals surface area contributed by atoms with Gasteiger partial charge in [-0.25, -0.2) is 8.78 Å². The van der Waals surface area contributed by atoms with Gasteiger partial charge < -0.3 is 4.57 Å². The second-order valence-corrected chi connectivity index (χ2v) is 6.83. The lowest BCUT2D eigenvalue weighted by Gasteiger charge is -2.02. The van der Waals surface area contributed by atoms with Crippen molar-refractivity contribution in [2.45, 2.75) is 6.54 Å². The molecule has 0 aliphatic heterocycles. The lowest BCUT2D eigenvalue weighted by Crippen LogP contribution is -2.17. The minimum atomic E-state index is -0.950. The molecule has 0 aliphatic carbocycles. The molecule has 0 spiro atoms. The molecule has 1 aromatic heterocycles. The van der Waals surface area contributed by atoms with E-state index in [0.717, 1.165) is 26.8 Å². The van der Waals surface area contributed by atoms with Crippen LogP contribution < -0.4 is 4.80 Å². The van der Waals surface area contributed by atoms with Crippen LogP contribution in [0.1, 0.15) is 10.4 Å². The van der Waals surface area contributed by atoms with Crippen LogP contribution in [0.4, 0.5) is 8.78 Å². The maximum absolute atomic E-state index is 13.8. The number of amides is 1. The monoisotopic (exact) mass is 408 g/mol. The maximum atomic E-state index is 13.8. The van der Waals surface area contributed by atoms with E-state index in [1.165, 1.54) is 17.4 Å². The van der Waals surface area contributed by atoms with Crippen LogP contribution >= 0.6 is 27.3 Å². The van der Waals surface area contributed by atoms with Crippen molar-refractivity contribution in [1.29, 1.82) is 0 Å². The Hall–Kier alpha value is -2.12. The first-order valence-electron chi connectivity index (χ1n) is 6.94. The number of hydrogen-bond acceptors (Lipinski definition) is 2. The van der Waals surface area contributed by atoms with Gasteiger partial charge in [-0.2, -0.15) is 4.99 Å². The molecule has 0 saturated carbocycles. The van der Waals surface area contributed by atoms with Gasteiger partial charge in [0.25, 0.3) is 5.91 Å². The third-order valence-corrected chi connectivity index (χ3v) is 4.86. The highest BCUT2D eigenvalue weighted by Gasteiger charge is 2.17. The summed E-state index contributed by atoms with van der Waals surface area (Å²) in [5.74, 6) is -2.81. The van der Waals surface area contributed by atoms with Crippen molar-refractivity contribution < 1.29 is 13.6 Å². The van der Waals surface area contributed by atoms with Crippen LogP contribution in [0.2, 0.25) is 0 Å². The van der Waals surface area contributed by atoms with E-state index in [0.29, 0.717) is 11.3 Å². The van der Waals surface area contributed by atoms with Crippen LogP contribution in [0.15, 0.2) is 58.5 Å². The largest absolute Gasteiger partial charge is 0.312 e. The number of halogens is 3. The number of aromatic nitrogens is 1. The van der Waals surface area contributed by atoms with Gasteiger partial charge in [-0.3, -0.25) is 4.79 Å². The molecule has 24 heavy (non-hydrogen) atoms. The van der Waals surface area contributed by atoms with E-state index in [2.05, 4.69) is 27.5 Å². The Morgan fingerprint density at radius 1 is 1.29 bits per heavy atom. The van der Waals surface area contributed by atoms with Crippen LogP contribution in [0.3, 0.4) is 0 Å². The lowest BCUT2D eigenvalue weighted by atomic mass is 10.2. The van der Waals surface area contributed by atoms with Crippen LogP contribution in [-0.2, 0) is 6.54 Å². The molecule has 0 fully saturated rings. The fourth-order valence-electron chi connectivity index (χ4n) is 2.28. The number of rotatable bonds is 3. The summed E-state index contributed by atoms with van der Waals surface area (Å²) in [6.45, 7) is 4.12. The Balaban J connectivity index is 2.21. The van der Waals surface area contributed by atoms with E-state index < -0.39 is 23.1 Å². The van der Waals surface area contributed by atoms with Gasteiger partial charge in [0.15, 0.2) is 4.80 Å². The zero-order chi connectivity index (χ0) is 17.3. The molecule has 3 rings (SSSR count). The predicted molar refractivity (Wildman–Crippen MR) is 94.0 cm³/mol. The Bertz CT molecular complexity index is 1000. The zero-order valence-electron chi connectivity index (χ0n) is 12.3. The van der Waals surface area contributed by atoms with Gasteiger partial charge in [0, 0.05) is 11.0 Å². The molecule has 0 N–H and O–H groups in total. The number of thiazole rings is 1. The quantitative estimate of drug-likeness (QED) is 0.579. The van der Waals surface area contributed by atoms with E-state index in [4.69, 9.17) is 0 Å². The van der Waals surface area contributed by atoms with Gasteiger partial charge in [-0.15, -0.1) is 6.58 Å². The number of nitrogens with zero attached hydrogens (tertiary/aromatic N) is 2. The fourth-order valence-corrected chi connectivity index (χ4v) is 3.87. The molecule has 0 aliphatic rings. The first kappa shape index (κ1) is 16.7. The highest BCUT2D eigenvalue weighted by Crippen LogP contribution is 2.22. The minimum Gasteiger partial charge on any atom is -0.312 e. The standard InChI is InChI=1S/C17H11BrF2N2OS/c1-2-8-22-13-7-6-10(18)9-14(13)24-17(22)21-16(23)15-11(19)4-3-5-12(15)20/h2-7,9H,1,8H2. The van der Waals surface area contributed by atoms with E-state index >= 15 is 0 Å². The first-order valence-corrected chi connectivity index (χ1v) is 8.55. The Labute approximate surface area is 148 Å². The minimum absolute atomic E-state index is 0.357. The van der Waals surface area contributed by atoms with Crippen LogP contribution in [0, 0.1) is 11.6 Å². The SMILES string of the molecule is C=CCn1c(=NC(=O)c2c(F)cccc2F)sc2cc(Br)ccc21. The molecule has 3 aromatic rings. The second-order valence-electron chi connectivity index (χ2n) is 4.91. The lowest BCUT2D eigenvalue weighted by molar-refractivity contribution is 0.0990. The molecule has 1 amide bonds. The second kappa shape index (κ2) is 6.78. The molecule has 0 atom stereocenters. The molecule has 0 radical (unpaired) electrons. The third kappa shape index (κ3) is 3.09. The van der Waals surface area contributed by atoms with E-state index in [1.807, 2.05) is 18.2 Å².